The van der Waals surface area contributed by atoms with E-state index in [4.69, 9.17) is 11.6 Å². The molecule has 0 saturated carbocycles. The molecule has 0 spiro atoms. The van der Waals surface area contributed by atoms with Gasteiger partial charge in [-0.2, -0.15) is 0 Å². The van der Waals surface area contributed by atoms with E-state index >= 15 is 0 Å². The summed E-state index contributed by atoms with van der Waals surface area (Å²) in [6, 6.07) is 5.39. The monoisotopic (exact) mass is 387 g/mol. The number of piperazine rings is 1. The first-order chi connectivity index (χ1) is 11.4. The quantitative estimate of drug-likeness (QED) is 0.855. The average molecular weight is 388 g/mol. The van der Waals surface area contributed by atoms with Crippen LogP contribution in [0.3, 0.4) is 0 Å². The molecule has 2 aromatic rings. The van der Waals surface area contributed by atoms with Crippen molar-refractivity contribution in [3.63, 3.8) is 0 Å². The molecule has 0 radical (unpaired) electrons. The van der Waals surface area contributed by atoms with Crippen LogP contribution in [0.2, 0.25) is 5.02 Å². The van der Waals surface area contributed by atoms with Gasteiger partial charge in [-0.3, -0.25) is 4.90 Å². The van der Waals surface area contributed by atoms with Crippen LogP contribution in [0.4, 0.5) is 0 Å². The van der Waals surface area contributed by atoms with Gasteiger partial charge < -0.3 is 4.90 Å². The van der Waals surface area contributed by atoms with Crippen molar-refractivity contribution < 1.29 is 8.42 Å². The van der Waals surface area contributed by atoms with Crippen molar-refractivity contribution in [3.05, 3.63) is 28.1 Å². The second-order valence-corrected chi connectivity index (χ2v) is 9.57. The molecule has 8 heteroatoms. The lowest BCUT2D eigenvalue weighted by molar-refractivity contribution is 0.156. The Morgan fingerprint density at radius 2 is 1.96 bits per heavy atom. The Hall–Kier alpha value is -0.700. The van der Waals surface area contributed by atoms with Gasteiger partial charge in [0, 0.05) is 59.3 Å². The summed E-state index contributed by atoms with van der Waals surface area (Å²) in [6.07, 6.45) is 0. The maximum Gasteiger partial charge on any atom is 0.242 e. The standard InChI is InChI=1S/C16H22ClN3O2S2/c1-12-16(14-11-13(17)3-4-15(14)23-12)24(21,22)18-5-6-20-9-7-19(2)8-10-20/h3-4,11,18H,5-10H2,1-2H3. The molecular formula is C16H22ClN3O2S2. The van der Waals surface area contributed by atoms with E-state index in [2.05, 4.69) is 21.6 Å². The van der Waals surface area contributed by atoms with E-state index in [1.807, 2.05) is 13.0 Å². The zero-order chi connectivity index (χ0) is 17.3. The van der Waals surface area contributed by atoms with E-state index in [0.29, 0.717) is 21.8 Å². The third kappa shape index (κ3) is 3.92. The van der Waals surface area contributed by atoms with Crippen LogP contribution in [0.1, 0.15) is 4.88 Å². The fourth-order valence-electron chi connectivity index (χ4n) is 2.99. The molecule has 0 atom stereocenters. The zero-order valence-electron chi connectivity index (χ0n) is 13.9. The highest BCUT2D eigenvalue weighted by Crippen LogP contribution is 2.35. The minimum absolute atomic E-state index is 0.364. The van der Waals surface area contributed by atoms with Gasteiger partial charge >= 0.3 is 0 Å². The van der Waals surface area contributed by atoms with E-state index in [1.54, 1.807) is 12.1 Å². The number of halogens is 1. The largest absolute Gasteiger partial charge is 0.304 e. The number of hydrogen-bond acceptors (Lipinski definition) is 5. The summed E-state index contributed by atoms with van der Waals surface area (Å²) < 4.78 is 29.2. The molecule has 1 aliphatic rings. The van der Waals surface area contributed by atoms with Crippen LogP contribution in [0.5, 0.6) is 0 Å². The number of aryl methyl sites for hydroxylation is 1. The van der Waals surface area contributed by atoms with Gasteiger partial charge in [-0.05, 0) is 32.2 Å². The van der Waals surface area contributed by atoms with Crippen molar-refractivity contribution in [1.29, 1.82) is 0 Å². The van der Waals surface area contributed by atoms with Crippen LogP contribution in [-0.2, 0) is 10.0 Å². The number of hydrogen-bond donors (Lipinski definition) is 1. The van der Waals surface area contributed by atoms with Crippen molar-refractivity contribution in [2.45, 2.75) is 11.8 Å². The Morgan fingerprint density at radius 1 is 1.25 bits per heavy atom. The molecule has 5 nitrogen and oxygen atoms in total. The van der Waals surface area contributed by atoms with Crippen LogP contribution < -0.4 is 4.72 Å². The zero-order valence-corrected chi connectivity index (χ0v) is 16.3. The van der Waals surface area contributed by atoms with Crippen LogP contribution in [0.25, 0.3) is 10.1 Å². The topological polar surface area (TPSA) is 52.7 Å². The van der Waals surface area contributed by atoms with Crippen LogP contribution in [-0.4, -0.2) is 64.5 Å². The van der Waals surface area contributed by atoms with Crippen LogP contribution in [0, 0.1) is 6.92 Å². The fraction of sp³-hybridized carbons (Fsp3) is 0.500. The molecule has 1 aliphatic heterocycles. The molecule has 1 fully saturated rings. The number of likely N-dealkylation sites (N-methyl/N-ethyl adjacent to an activating group) is 1. The Kier molecular flexibility index (Phi) is 5.48. The number of benzene rings is 1. The minimum Gasteiger partial charge on any atom is -0.304 e. The molecule has 0 aliphatic carbocycles. The summed E-state index contributed by atoms with van der Waals surface area (Å²) in [5.41, 5.74) is 0. The Bertz CT molecular complexity index is 827. The van der Waals surface area contributed by atoms with Crippen LogP contribution in [0.15, 0.2) is 23.1 Å². The first-order valence-electron chi connectivity index (χ1n) is 7.96. The Balaban J connectivity index is 1.71. The van der Waals surface area contributed by atoms with Gasteiger partial charge in [0.1, 0.15) is 4.90 Å². The predicted octanol–water partition coefficient (Wildman–Crippen LogP) is 2.39. The van der Waals surface area contributed by atoms with Gasteiger partial charge in [-0.1, -0.05) is 11.6 Å². The average Bonchev–Trinajstić information content (AvgIpc) is 2.85. The molecule has 0 bridgehead atoms. The number of nitrogens with one attached hydrogen (secondary N) is 1. The minimum atomic E-state index is -3.54. The number of fused-ring (bicyclic) bond motifs is 1. The van der Waals surface area contributed by atoms with E-state index < -0.39 is 10.0 Å². The highest BCUT2D eigenvalue weighted by atomic mass is 35.5. The summed E-state index contributed by atoms with van der Waals surface area (Å²) in [5.74, 6) is 0. The van der Waals surface area contributed by atoms with Crippen molar-refractivity contribution in [3.8, 4) is 0 Å². The summed E-state index contributed by atoms with van der Waals surface area (Å²) in [6.45, 7) is 7.01. The number of rotatable bonds is 5. The molecule has 1 N–H and O–H groups in total. The molecule has 1 aromatic carbocycles. The summed E-state index contributed by atoms with van der Waals surface area (Å²) in [5, 5.41) is 1.26. The molecule has 132 valence electrons. The smallest absolute Gasteiger partial charge is 0.242 e. The normalized spacial score (nSPS) is 17.6. The maximum atomic E-state index is 12.8. The van der Waals surface area contributed by atoms with Gasteiger partial charge in [0.25, 0.3) is 0 Å². The van der Waals surface area contributed by atoms with E-state index in [-0.39, 0.29) is 0 Å². The molecule has 1 saturated heterocycles. The lowest BCUT2D eigenvalue weighted by Gasteiger charge is -2.32. The van der Waals surface area contributed by atoms with Gasteiger partial charge in [0.05, 0.1) is 0 Å². The van der Waals surface area contributed by atoms with E-state index in [0.717, 1.165) is 42.3 Å². The second-order valence-electron chi connectivity index (χ2n) is 6.17. The Labute approximate surface area is 152 Å². The highest BCUT2D eigenvalue weighted by molar-refractivity contribution is 7.90. The van der Waals surface area contributed by atoms with Crippen molar-refractivity contribution >= 4 is 43.0 Å². The Morgan fingerprint density at radius 3 is 2.67 bits per heavy atom. The van der Waals surface area contributed by atoms with Gasteiger partial charge in [-0.15, -0.1) is 11.3 Å². The molecule has 24 heavy (non-hydrogen) atoms. The SMILES string of the molecule is Cc1sc2ccc(Cl)cc2c1S(=O)(=O)NCCN1CCN(C)CC1. The molecule has 1 aromatic heterocycles. The summed E-state index contributed by atoms with van der Waals surface area (Å²) in [4.78, 5) is 5.73. The number of nitrogens with zero attached hydrogens (tertiary/aromatic N) is 2. The van der Waals surface area contributed by atoms with Crippen molar-refractivity contribution in [2.24, 2.45) is 0 Å². The number of sulfonamides is 1. The second kappa shape index (κ2) is 7.27. The molecule has 3 rings (SSSR count). The van der Waals surface area contributed by atoms with Crippen LogP contribution >= 0.6 is 22.9 Å². The summed E-state index contributed by atoms with van der Waals surface area (Å²) in [7, 11) is -1.43. The predicted molar refractivity (Wildman–Crippen MR) is 101 cm³/mol. The molecule has 2 heterocycles. The first kappa shape index (κ1) is 18.1. The third-order valence-electron chi connectivity index (χ3n) is 4.35. The van der Waals surface area contributed by atoms with Crippen molar-refractivity contribution in [2.75, 3.05) is 46.3 Å². The fourth-order valence-corrected chi connectivity index (χ4v) is 5.96. The van der Waals surface area contributed by atoms with Crippen molar-refractivity contribution in [1.82, 2.24) is 14.5 Å². The third-order valence-corrected chi connectivity index (χ3v) is 7.45. The highest BCUT2D eigenvalue weighted by Gasteiger charge is 2.23. The molecule has 0 amide bonds. The molecular weight excluding hydrogens is 366 g/mol. The molecule has 0 unspecified atom stereocenters. The van der Waals surface area contributed by atoms with Gasteiger partial charge in [0.15, 0.2) is 0 Å². The van der Waals surface area contributed by atoms with Gasteiger partial charge in [0.2, 0.25) is 10.0 Å². The first-order valence-corrected chi connectivity index (χ1v) is 10.6. The van der Waals surface area contributed by atoms with E-state index in [1.165, 1.54) is 11.3 Å². The summed E-state index contributed by atoms with van der Waals surface area (Å²) >= 11 is 7.53. The number of thiophene rings is 1. The maximum absolute atomic E-state index is 12.8. The van der Waals surface area contributed by atoms with Gasteiger partial charge in [-0.25, -0.2) is 13.1 Å². The lowest BCUT2D eigenvalue weighted by atomic mass is 10.2. The lowest BCUT2D eigenvalue weighted by Crippen LogP contribution is -2.46. The van der Waals surface area contributed by atoms with E-state index in [9.17, 15) is 8.42 Å².